The highest BCUT2D eigenvalue weighted by atomic mass is 35.5. The summed E-state index contributed by atoms with van der Waals surface area (Å²) in [6.07, 6.45) is 2.11. The van der Waals surface area contributed by atoms with Gasteiger partial charge in [-0.25, -0.2) is 0 Å². The van der Waals surface area contributed by atoms with E-state index in [1.807, 2.05) is 24.3 Å². The number of carbonyl (C=O) groups is 1. The van der Waals surface area contributed by atoms with Gasteiger partial charge in [0.1, 0.15) is 0 Å². The highest BCUT2D eigenvalue weighted by molar-refractivity contribution is 5.94. The van der Waals surface area contributed by atoms with Gasteiger partial charge in [0.2, 0.25) is 0 Å². The van der Waals surface area contributed by atoms with Gasteiger partial charge in [0.15, 0.2) is 0 Å². The Morgan fingerprint density at radius 3 is 2.44 bits per heavy atom. The first-order valence-electron chi connectivity index (χ1n) is 5.35. The van der Waals surface area contributed by atoms with Crippen LogP contribution >= 0.6 is 12.4 Å². The molecule has 3 nitrogen and oxygen atoms in total. The zero-order chi connectivity index (χ0) is 11.1. The summed E-state index contributed by atoms with van der Waals surface area (Å²) in [5.41, 5.74) is 7.21. The normalized spacial score (nSPS) is 9.38. The summed E-state index contributed by atoms with van der Waals surface area (Å²) in [7, 11) is 0. The van der Waals surface area contributed by atoms with Gasteiger partial charge < -0.3 is 11.1 Å². The van der Waals surface area contributed by atoms with Crippen molar-refractivity contribution in [3.8, 4) is 0 Å². The fourth-order valence-corrected chi connectivity index (χ4v) is 1.27. The van der Waals surface area contributed by atoms with Crippen LogP contribution < -0.4 is 11.1 Å². The second-order valence-electron chi connectivity index (χ2n) is 3.51. The molecule has 16 heavy (non-hydrogen) atoms. The van der Waals surface area contributed by atoms with Crippen LogP contribution in [0.5, 0.6) is 0 Å². The summed E-state index contributed by atoms with van der Waals surface area (Å²) in [6, 6.07) is 7.39. The SMILES string of the molecule is CCCCNC(=O)c1ccc(CN)cc1.Cl. The molecule has 0 saturated carbocycles. The van der Waals surface area contributed by atoms with Gasteiger partial charge in [0.05, 0.1) is 0 Å². The van der Waals surface area contributed by atoms with E-state index in [4.69, 9.17) is 5.73 Å². The average Bonchev–Trinajstić information content (AvgIpc) is 2.29. The monoisotopic (exact) mass is 242 g/mol. The number of benzene rings is 1. The van der Waals surface area contributed by atoms with E-state index in [-0.39, 0.29) is 18.3 Å². The van der Waals surface area contributed by atoms with Crippen LogP contribution in [0.1, 0.15) is 35.7 Å². The van der Waals surface area contributed by atoms with Crippen LogP contribution in [0.25, 0.3) is 0 Å². The van der Waals surface area contributed by atoms with E-state index < -0.39 is 0 Å². The molecule has 0 radical (unpaired) electrons. The Balaban J connectivity index is 0.00000225. The molecule has 0 heterocycles. The summed E-state index contributed by atoms with van der Waals surface area (Å²) < 4.78 is 0. The fourth-order valence-electron chi connectivity index (χ4n) is 1.27. The first-order valence-corrected chi connectivity index (χ1v) is 5.35. The Kier molecular flexibility index (Phi) is 7.60. The smallest absolute Gasteiger partial charge is 0.251 e. The van der Waals surface area contributed by atoms with Crippen molar-refractivity contribution in [2.24, 2.45) is 5.73 Å². The molecular weight excluding hydrogens is 224 g/mol. The van der Waals surface area contributed by atoms with E-state index in [2.05, 4.69) is 12.2 Å². The molecule has 0 spiro atoms. The van der Waals surface area contributed by atoms with Gasteiger partial charge in [0, 0.05) is 18.7 Å². The van der Waals surface area contributed by atoms with Crippen LogP contribution in [0, 0.1) is 0 Å². The number of halogens is 1. The second kappa shape index (κ2) is 8.13. The van der Waals surface area contributed by atoms with Crippen molar-refractivity contribution >= 4 is 18.3 Å². The first-order chi connectivity index (χ1) is 7.27. The van der Waals surface area contributed by atoms with E-state index in [0.717, 1.165) is 24.9 Å². The summed E-state index contributed by atoms with van der Waals surface area (Å²) in [4.78, 5) is 11.6. The van der Waals surface area contributed by atoms with Crippen molar-refractivity contribution in [2.75, 3.05) is 6.54 Å². The lowest BCUT2D eigenvalue weighted by Crippen LogP contribution is -2.24. The van der Waals surface area contributed by atoms with Gasteiger partial charge in [0.25, 0.3) is 5.91 Å². The van der Waals surface area contributed by atoms with Crippen LogP contribution in [0.3, 0.4) is 0 Å². The highest BCUT2D eigenvalue weighted by Crippen LogP contribution is 2.03. The molecular formula is C12H19ClN2O. The molecule has 90 valence electrons. The molecule has 1 aromatic rings. The molecule has 1 rings (SSSR count). The Labute approximate surface area is 103 Å². The summed E-state index contributed by atoms with van der Waals surface area (Å²) in [5.74, 6) is -0.00739. The van der Waals surface area contributed by atoms with Gasteiger partial charge in [-0.05, 0) is 24.1 Å². The number of hydrogen-bond acceptors (Lipinski definition) is 2. The third kappa shape index (κ3) is 4.64. The van der Waals surface area contributed by atoms with E-state index >= 15 is 0 Å². The molecule has 0 atom stereocenters. The Hall–Kier alpha value is -1.06. The molecule has 0 aromatic heterocycles. The van der Waals surface area contributed by atoms with E-state index in [1.165, 1.54) is 0 Å². The summed E-state index contributed by atoms with van der Waals surface area (Å²) in [5, 5.41) is 2.87. The predicted molar refractivity (Wildman–Crippen MR) is 68.8 cm³/mol. The highest BCUT2D eigenvalue weighted by Gasteiger charge is 2.03. The third-order valence-electron chi connectivity index (χ3n) is 2.27. The lowest BCUT2D eigenvalue weighted by molar-refractivity contribution is 0.0953. The van der Waals surface area contributed by atoms with Crippen molar-refractivity contribution < 1.29 is 4.79 Å². The lowest BCUT2D eigenvalue weighted by atomic mass is 10.1. The van der Waals surface area contributed by atoms with Crippen molar-refractivity contribution in [1.29, 1.82) is 0 Å². The van der Waals surface area contributed by atoms with Crippen molar-refractivity contribution in [1.82, 2.24) is 5.32 Å². The summed E-state index contributed by atoms with van der Waals surface area (Å²) in [6.45, 7) is 3.36. The van der Waals surface area contributed by atoms with E-state index in [9.17, 15) is 4.79 Å². The van der Waals surface area contributed by atoms with Crippen LogP contribution in [0.15, 0.2) is 24.3 Å². The minimum Gasteiger partial charge on any atom is -0.352 e. The topological polar surface area (TPSA) is 55.1 Å². The number of hydrogen-bond donors (Lipinski definition) is 2. The fraction of sp³-hybridized carbons (Fsp3) is 0.417. The first kappa shape index (κ1) is 14.9. The molecule has 4 heteroatoms. The summed E-state index contributed by atoms with van der Waals surface area (Å²) >= 11 is 0. The number of rotatable bonds is 5. The lowest BCUT2D eigenvalue weighted by Gasteiger charge is -2.04. The minimum absolute atomic E-state index is 0. The Bertz CT molecular complexity index is 311. The third-order valence-corrected chi connectivity index (χ3v) is 2.27. The quantitative estimate of drug-likeness (QED) is 0.777. The average molecular weight is 243 g/mol. The van der Waals surface area contributed by atoms with Crippen molar-refractivity contribution in [2.45, 2.75) is 26.3 Å². The number of amides is 1. The molecule has 0 fully saturated rings. The van der Waals surface area contributed by atoms with Gasteiger partial charge in [-0.3, -0.25) is 4.79 Å². The zero-order valence-electron chi connectivity index (χ0n) is 9.53. The largest absolute Gasteiger partial charge is 0.352 e. The number of unbranched alkanes of at least 4 members (excludes halogenated alkanes) is 1. The molecule has 0 saturated heterocycles. The Morgan fingerprint density at radius 2 is 1.94 bits per heavy atom. The molecule has 0 unspecified atom stereocenters. The predicted octanol–water partition coefficient (Wildman–Crippen LogP) is 2.10. The number of nitrogens with one attached hydrogen (secondary N) is 1. The van der Waals surface area contributed by atoms with Gasteiger partial charge >= 0.3 is 0 Å². The molecule has 0 aliphatic heterocycles. The molecule has 1 aromatic carbocycles. The second-order valence-corrected chi connectivity index (χ2v) is 3.51. The van der Waals surface area contributed by atoms with Gasteiger partial charge in [-0.2, -0.15) is 0 Å². The standard InChI is InChI=1S/C12H18N2O.ClH/c1-2-3-8-14-12(15)11-6-4-10(9-13)5-7-11;/h4-7H,2-3,8-9,13H2,1H3,(H,14,15);1H. The van der Waals surface area contributed by atoms with Crippen molar-refractivity contribution in [3.63, 3.8) is 0 Å². The number of carbonyl (C=O) groups excluding carboxylic acids is 1. The maximum absolute atomic E-state index is 11.6. The van der Waals surface area contributed by atoms with Gasteiger partial charge in [-0.1, -0.05) is 25.5 Å². The molecule has 3 N–H and O–H groups in total. The zero-order valence-corrected chi connectivity index (χ0v) is 10.3. The maximum Gasteiger partial charge on any atom is 0.251 e. The van der Waals surface area contributed by atoms with E-state index in [1.54, 1.807) is 0 Å². The number of nitrogens with two attached hydrogens (primary N) is 1. The Morgan fingerprint density at radius 1 is 1.31 bits per heavy atom. The van der Waals surface area contributed by atoms with Crippen LogP contribution in [0.2, 0.25) is 0 Å². The van der Waals surface area contributed by atoms with Crippen LogP contribution in [-0.4, -0.2) is 12.5 Å². The molecule has 0 aliphatic carbocycles. The molecule has 0 bridgehead atoms. The van der Waals surface area contributed by atoms with Gasteiger partial charge in [-0.15, -0.1) is 12.4 Å². The van der Waals surface area contributed by atoms with Crippen LogP contribution in [0.4, 0.5) is 0 Å². The molecule has 0 aliphatic rings. The van der Waals surface area contributed by atoms with Crippen LogP contribution in [-0.2, 0) is 6.54 Å². The van der Waals surface area contributed by atoms with Crippen molar-refractivity contribution in [3.05, 3.63) is 35.4 Å². The van der Waals surface area contributed by atoms with E-state index in [0.29, 0.717) is 12.1 Å². The minimum atomic E-state index is -0.00739. The maximum atomic E-state index is 11.6. The molecule has 1 amide bonds.